The Morgan fingerprint density at radius 3 is 2.33 bits per heavy atom. The molecule has 0 radical (unpaired) electrons. The number of rotatable bonds is 2. The average molecular weight is 246 g/mol. The fraction of sp³-hybridized carbons (Fsp3) is 0.231. The Morgan fingerprint density at radius 2 is 1.83 bits per heavy atom. The van der Waals surface area contributed by atoms with E-state index in [2.05, 4.69) is 9.97 Å². The third kappa shape index (κ3) is 2.40. The SMILES string of the molecule is CC(C)(F)c1ccc(-c2cnc(N)cc2N)nc1. The van der Waals surface area contributed by atoms with Crippen molar-refractivity contribution in [3.8, 4) is 11.3 Å². The minimum Gasteiger partial charge on any atom is -0.398 e. The molecule has 5 heteroatoms. The number of hydrogen-bond donors (Lipinski definition) is 2. The van der Waals surface area contributed by atoms with Gasteiger partial charge in [-0.15, -0.1) is 0 Å². The third-order valence-electron chi connectivity index (χ3n) is 2.68. The lowest BCUT2D eigenvalue weighted by Gasteiger charge is -2.14. The highest BCUT2D eigenvalue weighted by atomic mass is 19.1. The maximum absolute atomic E-state index is 13.7. The molecule has 2 aromatic rings. The van der Waals surface area contributed by atoms with Gasteiger partial charge in [0.05, 0.1) is 5.69 Å². The van der Waals surface area contributed by atoms with Gasteiger partial charge in [-0.1, -0.05) is 6.07 Å². The first-order valence-corrected chi connectivity index (χ1v) is 5.55. The number of pyridine rings is 2. The standard InChI is InChI=1S/C13H15FN4/c1-13(2,14)8-3-4-11(17-6-8)9-7-18-12(16)5-10(9)15/h3-7H,1-2H3,(H4,15,16,18). The largest absolute Gasteiger partial charge is 0.398 e. The summed E-state index contributed by atoms with van der Waals surface area (Å²) in [5, 5.41) is 0. The van der Waals surface area contributed by atoms with Gasteiger partial charge < -0.3 is 11.5 Å². The number of halogens is 1. The molecule has 4 N–H and O–H groups in total. The van der Waals surface area contributed by atoms with Crippen LogP contribution in [0, 0.1) is 0 Å². The van der Waals surface area contributed by atoms with Crippen LogP contribution in [0.25, 0.3) is 11.3 Å². The number of hydrogen-bond acceptors (Lipinski definition) is 4. The molecule has 2 rings (SSSR count). The van der Waals surface area contributed by atoms with Crippen LogP contribution >= 0.6 is 0 Å². The first-order chi connectivity index (χ1) is 8.38. The van der Waals surface area contributed by atoms with Gasteiger partial charge in [-0.2, -0.15) is 0 Å². The van der Waals surface area contributed by atoms with E-state index in [1.807, 2.05) is 0 Å². The third-order valence-corrected chi connectivity index (χ3v) is 2.68. The quantitative estimate of drug-likeness (QED) is 0.853. The Morgan fingerprint density at radius 1 is 1.11 bits per heavy atom. The van der Waals surface area contributed by atoms with Gasteiger partial charge in [0.25, 0.3) is 0 Å². The highest BCUT2D eigenvalue weighted by Crippen LogP contribution is 2.28. The summed E-state index contributed by atoms with van der Waals surface area (Å²) in [4.78, 5) is 8.18. The van der Waals surface area contributed by atoms with Gasteiger partial charge in [0.15, 0.2) is 0 Å². The van der Waals surface area contributed by atoms with Crippen molar-refractivity contribution in [2.45, 2.75) is 19.5 Å². The molecule has 18 heavy (non-hydrogen) atoms. The lowest BCUT2D eigenvalue weighted by atomic mass is 10.0. The van der Waals surface area contributed by atoms with E-state index >= 15 is 0 Å². The van der Waals surface area contributed by atoms with E-state index in [0.29, 0.717) is 28.3 Å². The molecular weight excluding hydrogens is 231 g/mol. The number of aromatic nitrogens is 2. The molecule has 0 aliphatic rings. The van der Waals surface area contributed by atoms with Crippen LogP contribution in [-0.2, 0) is 5.67 Å². The predicted molar refractivity (Wildman–Crippen MR) is 70.4 cm³/mol. The summed E-state index contributed by atoms with van der Waals surface area (Å²) in [6.07, 6.45) is 3.07. The van der Waals surface area contributed by atoms with E-state index in [0.717, 1.165) is 0 Å². The first-order valence-electron chi connectivity index (χ1n) is 5.55. The topological polar surface area (TPSA) is 77.8 Å². The average Bonchev–Trinajstić information content (AvgIpc) is 2.28. The molecule has 0 fully saturated rings. The molecule has 0 spiro atoms. The van der Waals surface area contributed by atoms with Gasteiger partial charge in [-0.3, -0.25) is 4.98 Å². The highest BCUT2D eigenvalue weighted by Gasteiger charge is 2.19. The van der Waals surface area contributed by atoms with Gasteiger partial charge in [0, 0.05) is 35.3 Å². The van der Waals surface area contributed by atoms with E-state index in [1.54, 1.807) is 24.4 Å². The molecule has 0 atom stereocenters. The number of alkyl halides is 1. The molecule has 0 saturated heterocycles. The van der Waals surface area contributed by atoms with Crippen LogP contribution in [-0.4, -0.2) is 9.97 Å². The van der Waals surface area contributed by atoms with Crippen molar-refractivity contribution >= 4 is 11.5 Å². The Labute approximate surface area is 105 Å². The molecular formula is C13H15FN4. The second kappa shape index (κ2) is 4.25. The number of nitrogens with two attached hydrogens (primary N) is 2. The number of anilines is 2. The maximum Gasteiger partial charge on any atom is 0.131 e. The second-order valence-electron chi connectivity index (χ2n) is 4.60. The summed E-state index contributed by atoms with van der Waals surface area (Å²) in [6, 6.07) is 4.99. The second-order valence-corrected chi connectivity index (χ2v) is 4.60. The van der Waals surface area contributed by atoms with Gasteiger partial charge in [-0.25, -0.2) is 9.37 Å². The van der Waals surface area contributed by atoms with Crippen molar-refractivity contribution < 1.29 is 4.39 Å². The zero-order chi connectivity index (χ0) is 13.3. The summed E-state index contributed by atoms with van der Waals surface area (Å²) in [5.41, 5.74) is 12.3. The Hall–Kier alpha value is -2.17. The van der Waals surface area contributed by atoms with E-state index in [-0.39, 0.29) is 0 Å². The molecule has 0 bridgehead atoms. The van der Waals surface area contributed by atoms with Crippen LogP contribution in [0.4, 0.5) is 15.9 Å². The summed E-state index contributed by atoms with van der Waals surface area (Å²) >= 11 is 0. The highest BCUT2D eigenvalue weighted by molar-refractivity contribution is 5.74. The zero-order valence-electron chi connectivity index (χ0n) is 10.3. The van der Waals surface area contributed by atoms with Crippen LogP contribution in [0.3, 0.4) is 0 Å². The Bertz CT molecular complexity index is 558. The van der Waals surface area contributed by atoms with Crippen LogP contribution < -0.4 is 11.5 Å². The van der Waals surface area contributed by atoms with Crippen molar-refractivity contribution in [1.82, 2.24) is 9.97 Å². The number of nitrogen functional groups attached to an aromatic ring is 2. The van der Waals surface area contributed by atoms with Gasteiger partial charge >= 0.3 is 0 Å². The molecule has 0 aliphatic heterocycles. The first kappa shape index (κ1) is 12.3. The molecule has 0 aromatic carbocycles. The molecule has 0 aliphatic carbocycles. The fourth-order valence-electron chi connectivity index (χ4n) is 1.61. The summed E-state index contributed by atoms with van der Waals surface area (Å²) in [6.45, 7) is 2.98. The predicted octanol–water partition coefficient (Wildman–Crippen LogP) is 2.51. The summed E-state index contributed by atoms with van der Waals surface area (Å²) < 4.78 is 13.7. The Balaban J connectivity index is 2.41. The lowest BCUT2D eigenvalue weighted by molar-refractivity contribution is 0.221. The smallest absolute Gasteiger partial charge is 0.131 e. The lowest BCUT2D eigenvalue weighted by Crippen LogP contribution is -2.09. The van der Waals surface area contributed by atoms with Crippen molar-refractivity contribution in [2.24, 2.45) is 0 Å². The Kier molecular flexibility index (Phi) is 2.90. The van der Waals surface area contributed by atoms with Crippen LogP contribution in [0.5, 0.6) is 0 Å². The normalized spacial score (nSPS) is 11.5. The van der Waals surface area contributed by atoms with E-state index in [1.165, 1.54) is 20.0 Å². The van der Waals surface area contributed by atoms with Gasteiger partial charge in [-0.05, 0) is 19.9 Å². The van der Waals surface area contributed by atoms with Crippen molar-refractivity contribution in [2.75, 3.05) is 11.5 Å². The minimum absolute atomic E-state index is 0.359. The molecule has 2 heterocycles. The van der Waals surface area contributed by atoms with Crippen molar-refractivity contribution in [3.63, 3.8) is 0 Å². The molecule has 2 aromatic heterocycles. The summed E-state index contributed by atoms with van der Waals surface area (Å²) in [7, 11) is 0. The number of nitrogens with zero attached hydrogens (tertiary/aromatic N) is 2. The molecule has 94 valence electrons. The molecule has 0 unspecified atom stereocenters. The molecule has 4 nitrogen and oxygen atoms in total. The van der Waals surface area contributed by atoms with E-state index in [4.69, 9.17) is 11.5 Å². The molecule has 0 amide bonds. The molecule has 0 saturated carbocycles. The van der Waals surface area contributed by atoms with Crippen molar-refractivity contribution in [3.05, 3.63) is 36.2 Å². The van der Waals surface area contributed by atoms with Gasteiger partial charge in [0.1, 0.15) is 11.5 Å². The zero-order valence-corrected chi connectivity index (χ0v) is 10.3. The van der Waals surface area contributed by atoms with Crippen LogP contribution in [0.1, 0.15) is 19.4 Å². The maximum atomic E-state index is 13.7. The van der Waals surface area contributed by atoms with E-state index < -0.39 is 5.67 Å². The fourth-order valence-corrected chi connectivity index (χ4v) is 1.61. The summed E-state index contributed by atoms with van der Waals surface area (Å²) in [5.74, 6) is 0.359. The van der Waals surface area contributed by atoms with Crippen LogP contribution in [0.15, 0.2) is 30.6 Å². The monoisotopic (exact) mass is 246 g/mol. The van der Waals surface area contributed by atoms with Crippen LogP contribution in [0.2, 0.25) is 0 Å². The van der Waals surface area contributed by atoms with Crippen molar-refractivity contribution in [1.29, 1.82) is 0 Å². The van der Waals surface area contributed by atoms with Gasteiger partial charge in [0.2, 0.25) is 0 Å². The minimum atomic E-state index is -1.41. The van der Waals surface area contributed by atoms with E-state index in [9.17, 15) is 4.39 Å².